The third kappa shape index (κ3) is 4.95. The number of halogens is 2. The summed E-state index contributed by atoms with van der Waals surface area (Å²) < 4.78 is 6.95. The fourth-order valence-corrected chi connectivity index (χ4v) is 5.34. The normalized spacial score (nSPS) is 18.1. The zero-order valence-corrected chi connectivity index (χ0v) is 21.9. The minimum Gasteiger partial charge on any atom is -0.492 e. The number of aromatic amines is 1. The fourth-order valence-electron chi connectivity index (χ4n) is 4.68. The smallest absolute Gasteiger partial charge is 0.161 e. The largest absolute Gasteiger partial charge is 0.492 e. The van der Waals surface area contributed by atoms with Crippen LogP contribution in [-0.2, 0) is 0 Å². The number of benzene rings is 1. The molecule has 0 aliphatic carbocycles. The number of nitrogens with one attached hydrogen (secondary N) is 1. The van der Waals surface area contributed by atoms with Crippen molar-refractivity contribution in [1.29, 1.82) is 0 Å². The molecule has 2 aliphatic rings. The van der Waals surface area contributed by atoms with Crippen LogP contribution >= 0.6 is 27.5 Å². The first-order chi connectivity index (χ1) is 16.5. The van der Waals surface area contributed by atoms with E-state index < -0.39 is 0 Å². The predicted molar refractivity (Wildman–Crippen MR) is 139 cm³/mol. The molecule has 2 aliphatic heterocycles. The monoisotopic (exact) mass is 548 g/mol. The van der Waals surface area contributed by atoms with Gasteiger partial charge in [-0.15, -0.1) is 0 Å². The molecular weight excluding hydrogens is 520 g/mol. The van der Waals surface area contributed by atoms with Crippen LogP contribution in [0.3, 0.4) is 0 Å². The maximum atomic E-state index is 6.51. The molecule has 0 saturated carbocycles. The number of piperazine rings is 2. The van der Waals surface area contributed by atoms with Crippen LogP contribution in [-0.4, -0.2) is 103 Å². The number of H-pyrrole nitrogens is 1. The number of likely N-dealkylation sites (N-methyl/N-ethyl adjacent to an activating group) is 1. The molecule has 34 heavy (non-hydrogen) atoms. The topological polar surface area (TPSA) is 76.7 Å². The van der Waals surface area contributed by atoms with E-state index in [9.17, 15) is 0 Å². The first-order valence-corrected chi connectivity index (χ1v) is 12.8. The van der Waals surface area contributed by atoms with Gasteiger partial charge in [-0.2, -0.15) is 5.10 Å². The zero-order valence-electron chi connectivity index (χ0n) is 19.6. The molecular formula is C23H30BrClN8O. The second-order valence-electron chi connectivity index (χ2n) is 8.95. The number of hydrogen-bond acceptors (Lipinski definition) is 8. The highest BCUT2D eigenvalue weighted by atomic mass is 79.9. The van der Waals surface area contributed by atoms with Gasteiger partial charge < -0.3 is 19.4 Å². The van der Waals surface area contributed by atoms with Crippen molar-refractivity contribution in [2.45, 2.75) is 6.92 Å². The van der Waals surface area contributed by atoms with Crippen LogP contribution < -0.4 is 14.5 Å². The lowest BCUT2D eigenvalue weighted by atomic mass is 10.1. The van der Waals surface area contributed by atoms with Gasteiger partial charge in [-0.1, -0.05) is 11.6 Å². The quantitative estimate of drug-likeness (QED) is 0.503. The van der Waals surface area contributed by atoms with E-state index in [0.29, 0.717) is 11.6 Å². The first kappa shape index (κ1) is 23.6. The Hall–Kier alpha value is -2.14. The fraction of sp³-hybridized carbons (Fsp3) is 0.522. The Morgan fingerprint density at radius 2 is 1.76 bits per heavy atom. The number of aromatic nitrogens is 4. The van der Waals surface area contributed by atoms with Gasteiger partial charge in [0.1, 0.15) is 29.1 Å². The minimum absolute atomic E-state index is 0.668. The van der Waals surface area contributed by atoms with Gasteiger partial charge in [0.05, 0.1) is 5.39 Å². The highest BCUT2D eigenvalue weighted by Gasteiger charge is 2.24. The molecule has 11 heteroatoms. The molecule has 5 rings (SSSR count). The maximum absolute atomic E-state index is 6.51. The van der Waals surface area contributed by atoms with E-state index in [1.807, 2.05) is 6.07 Å². The van der Waals surface area contributed by atoms with E-state index in [0.717, 1.165) is 97.4 Å². The van der Waals surface area contributed by atoms with Crippen molar-refractivity contribution in [2.24, 2.45) is 0 Å². The minimum atomic E-state index is 0.668. The van der Waals surface area contributed by atoms with Gasteiger partial charge in [-0.25, -0.2) is 9.97 Å². The van der Waals surface area contributed by atoms with E-state index in [-0.39, 0.29) is 0 Å². The third-order valence-electron chi connectivity index (χ3n) is 6.77. The van der Waals surface area contributed by atoms with E-state index in [2.05, 4.69) is 75.7 Å². The summed E-state index contributed by atoms with van der Waals surface area (Å²) in [7, 11) is 2.18. The van der Waals surface area contributed by atoms with Crippen molar-refractivity contribution in [2.75, 3.05) is 82.4 Å². The predicted octanol–water partition coefficient (Wildman–Crippen LogP) is 3.03. The Labute approximate surface area is 213 Å². The Morgan fingerprint density at radius 3 is 2.53 bits per heavy atom. The number of rotatable bonds is 6. The lowest BCUT2D eigenvalue weighted by Gasteiger charge is -2.37. The molecule has 2 saturated heterocycles. The molecule has 0 unspecified atom stereocenters. The van der Waals surface area contributed by atoms with Gasteiger partial charge in [-0.3, -0.25) is 10.00 Å². The van der Waals surface area contributed by atoms with Crippen molar-refractivity contribution in [3.05, 3.63) is 33.6 Å². The number of hydrogen-bond donors (Lipinski definition) is 1. The molecule has 1 N–H and O–H groups in total. The first-order valence-electron chi connectivity index (χ1n) is 11.7. The van der Waals surface area contributed by atoms with Crippen LogP contribution in [0.2, 0.25) is 5.02 Å². The molecule has 0 atom stereocenters. The van der Waals surface area contributed by atoms with Crippen molar-refractivity contribution >= 4 is 50.1 Å². The maximum Gasteiger partial charge on any atom is 0.161 e. The molecule has 182 valence electrons. The number of fused-ring (bicyclic) bond motifs is 1. The summed E-state index contributed by atoms with van der Waals surface area (Å²) in [5.41, 5.74) is 3.01. The van der Waals surface area contributed by atoms with Crippen LogP contribution in [0.1, 0.15) is 5.56 Å². The van der Waals surface area contributed by atoms with Crippen molar-refractivity contribution in [1.82, 2.24) is 30.0 Å². The average molecular weight is 550 g/mol. The summed E-state index contributed by atoms with van der Waals surface area (Å²) in [5, 5.41) is 8.79. The van der Waals surface area contributed by atoms with Crippen LogP contribution in [0.25, 0.3) is 11.0 Å². The SMILES string of the molecule is Cc1c(OCCN2CCN(C)CC2)cc(Cl)cc1N1CCN(c2ncnc3[nH]nc(Br)c23)CC1. The summed E-state index contributed by atoms with van der Waals surface area (Å²) >= 11 is 10.0. The second kappa shape index (κ2) is 10.2. The highest BCUT2D eigenvalue weighted by Crippen LogP contribution is 2.35. The Balaban J connectivity index is 1.24. The van der Waals surface area contributed by atoms with Gasteiger partial charge >= 0.3 is 0 Å². The zero-order chi connectivity index (χ0) is 23.7. The molecule has 9 nitrogen and oxygen atoms in total. The Bertz CT molecular complexity index is 1140. The van der Waals surface area contributed by atoms with Gasteiger partial charge in [0.25, 0.3) is 0 Å². The summed E-state index contributed by atoms with van der Waals surface area (Å²) in [6, 6.07) is 3.99. The molecule has 0 amide bonds. The van der Waals surface area contributed by atoms with Gasteiger partial charge in [-0.05, 0) is 42.0 Å². The average Bonchev–Trinajstić information content (AvgIpc) is 3.23. The molecule has 3 aromatic rings. The summed E-state index contributed by atoms with van der Waals surface area (Å²) in [5.74, 6) is 1.78. The van der Waals surface area contributed by atoms with E-state index >= 15 is 0 Å². The van der Waals surface area contributed by atoms with Crippen LogP contribution in [0.5, 0.6) is 5.75 Å². The van der Waals surface area contributed by atoms with Crippen molar-refractivity contribution < 1.29 is 4.74 Å². The van der Waals surface area contributed by atoms with Gasteiger partial charge in [0, 0.05) is 75.2 Å². The van der Waals surface area contributed by atoms with Crippen LogP contribution in [0, 0.1) is 6.92 Å². The molecule has 4 heterocycles. The van der Waals surface area contributed by atoms with Gasteiger partial charge in [0.2, 0.25) is 0 Å². The molecule has 2 fully saturated rings. The summed E-state index contributed by atoms with van der Waals surface area (Å²) in [6.07, 6.45) is 1.58. The van der Waals surface area contributed by atoms with Crippen LogP contribution in [0.15, 0.2) is 23.1 Å². The summed E-state index contributed by atoms with van der Waals surface area (Å²) in [6.45, 7) is 11.6. The Morgan fingerprint density at radius 1 is 1.03 bits per heavy atom. The van der Waals surface area contributed by atoms with Gasteiger partial charge in [0.15, 0.2) is 5.65 Å². The third-order valence-corrected chi connectivity index (χ3v) is 7.56. The molecule has 1 aromatic carbocycles. The lowest BCUT2D eigenvalue weighted by Crippen LogP contribution is -2.47. The molecule has 0 radical (unpaired) electrons. The van der Waals surface area contributed by atoms with E-state index in [4.69, 9.17) is 16.3 Å². The molecule has 0 bridgehead atoms. The number of nitrogens with zero attached hydrogens (tertiary/aromatic N) is 7. The molecule has 0 spiro atoms. The van der Waals surface area contributed by atoms with E-state index in [1.54, 1.807) is 6.33 Å². The number of anilines is 2. The van der Waals surface area contributed by atoms with E-state index in [1.165, 1.54) is 0 Å². The lowest BCUT2D eigenvalue weighted by molar-refractivity contribution is 0.133. The summed E-state index contributed by atoms with van der Waals surface area (Å²) in [4.78, 5) is 18.3. The highest BCUT2D eigenvalue weighted by molar-refractivity contribution is 9.10. The van der Waals surface area contributed by atoms with Crippen molar-refractivity contribution in [3.8, 4) is 5.75 Å². The second-order valence-corrected chi connectivity index (χ2v) is 10.1. The Kier molecular flexibility index (Phi) is 7.10. The van der Waals surface area contributed by atoms with Crippen molar-refractivity contribution in [3.63, 3.8) is 0 Å². The molecule has 2 aromatic heterocycles. The van der Waals surface area contributed by atoms with Crippen LogP contribution in [0.4, 0.5) is 11.5 Å². The standard InChI is InChI=1S/C23H30BrClN8O/c1-16-18(13-17(25)14-19(16)34-12-11-31-5-3-30(2)4-6-31)32-7-9-33(10-8-32)23-20-21(24)28-29-22(20)26-15-27-23/h13-15H,3-12H2,1-2H3,(H,26,27,28,29). The number of ether oxygens (including phenoxy) is 1.